The maximum atomic E-state index is 6.31. The van der Waals surface area contributed by atoms with E-state index >= 15 is 0 Å². The van der Waals surface area contributed by atoms with E-state index in [2.05, 4.69) is 228 Å². The maximum absolute atomic E-state index is 6.31. The van der Waals surface area contributed by atoms with Crippen LogP contribution < -0.4 is 4.90 Å². The Labute approximate surface area is 353 Å². The molecule has 2 heterocycles. The van der Waals surface area contributed by atoms with E-state index in [1.807, 2.05) is 12.1 Å². The number of nitrogens with zero attached hydrogens (tertiary/aromatic N) is 2. The van der Waals surface area contributed by atoms with Crippen molar-refractivity contribution in [3.63, 3.8) is 0 Å². The number of para-hydroxylation sites is 3. The minimum atomic E-state index is 0.891. The molecule has 286 valence electrons. The zero-order valence-corrected chi connectivity index (χ0v) is 33.2. The van der Waals surface area contributed by atoms with Crippen LogP contribution in [0.2, 0.25) is 0 Å². The van der Waals surface area contributed by atoms with Crippen molar-refractivity contribution in [3.8, 4) is 39.1 Å². The Kier molecular flexibility index (Phi) is 8.17. The highest BCUT2D eigenvalue weighted by Gasteiger charge is 2.17. The third kappa shape index (κ3) is 5.98. The van der Waals surface area contributed by atoms with Gasteiger partial charge in [-0.05, 0) is 123 Å². The van der Waals surface area contributed by atoms with Gasteiger partial charge in [0.25, 0.3) is 0 Å². The molecule has 10 aromatic carbocycles. The Balaban J connectivity index is 0.945. The van der Waals surface area contributed by atoms with Crippen LogP contribution in [0.15, 0.2) is 235 Å². The number of anilines is 3. The molecule has 3 heteroatoms. The molecular weight excluding hydrogens is 741 g/mol. The minimum absolute atomic E-state index is 0.891. The van der Waals surface area contributed by atoms with Gasteiger partial charge in [-0.15, -0.1) is 0 Å². The van der Waals surface area contributed by atoms with E-state index in [4.69, 9.17) is 4.42 Å². The summed E-state index contributed by atoms with van der Waals surface area (Å²) in [6, 6.07) is 83.0. The van der Waals surface area contributed by atoms with E-state index in [9.17, 15) is 0 Å². The van der Waals surface area contributed by atoms with E-state index in [0.29, 0.717) is 0 Å². The highest BCUT2D eigenvalue weighted by molar-refractivity contribution is 6.09. The van der Waals surface area contributed by atoms with E-state index in [1.54, 1.807) is 0 Å². The molecule has 0 aliphatic rings. The van der Waals surface area contributed by atoms with Gasteiger partial charge in [-0.25, -0.2) is 0 Å². The van der Waals surface area contributed by atoms with E-state index < -0.39 is 0 Å². The fraction of sp³-hybridized carbons (Fsp3) is 0. The van der Waals surface area contributed by atoms with Gasteiger partial charge >= 0.3 is 0 Å². The molecule has 12 rings (SSSR count). The van der Waals surface area contributed by atoms with E-state index in [1.165, 1.54) is 49.3 Å². The van der Waals surface area contributed by atoms with Gasteiger partial charge in [0.1, 0.15) is 11.2 Å². The zero-order valence-electron chi connectivity index (χ0n) is 33.2. The Morgan fingerprint density at radius 2 is 0.852 bits per heavy atom. The summed E-state index contributed by atoms with van der Waals surface area (Å²) in [5.74, 6) is 0. The molecule has 0 aliphatic carbocycles. The monoisotopic (exact) mass is 778 g/mol. The van der Waals surface area contributed by atoms with Gasteiger partial charge in [0.2, 0.25) is 0 Å². The van der Waals surface area contributed by atoms with Crippen LogP contribution in [0.1, 0.15) is 0 Å². The summed E-state index contributed by atoms with van der Waals surface area (Å²) in [5.41, 5.74) is 15.5. The molecule has 0 N–H and O–H groups in total. The molecule has 61 heavy (non-hydrogen) atoms. The number of furan rings is 1. The van der Waals surface area contributed by atoms with Crippen molar-refractivity contribution in [2.45, 2.75) is 0 Å². The Morgan fingerprint density at radius 3 is 1.61 bits per heavy atom. The fourth-order valence-electron chi connectivity index (χ4n) is 9.27. The average Bonchev–Trinajstić information content (AvgIpc) is 3.88. The molecule has 3 nitrogen and oxygen atoms in total. The van der Waals surface area contributed by atoms with Crippen molar-refractivity contribution < 1.29 is 4.42 Å². The molecule has 2 aromatic heterocycles. The summed E-state index contributed by atoms with van der Waals surface area (Å²) in [5, 5.41) is 7.28. The average molecular weight is 779 g/mol. The molecule has 0 spiro atoms. The number of fused-ring (bicyclic) bond motifs is 7. The fourth-order valence-corrected chi connectivity index (χ4v) is 9.27. The SMILES string of the molecule is c1cc(-c2ccc3c(c2)oc2ccccc23)cc(N(c2ccc(-c3cccc(-n4c5ccccc5c5ccccc54)c3)cc2)c2ccc(-c3cccc4ccccc34)cc2)c1. The van der Waals surface area contributed by atoms with Crippen LogP contribution >= 0.6 is 0 Å². The summed E-state index contributed by atoms with van der Waals surface area (Å²) >= 11 is 0. The zero-order chi connectivity index (χ0) is 40.3. The van der Waals surface area contributed by atoms with Crippen LogP contribution in [0.3, 0.4) is 0 Å². The Bertz CT molecular complexity index is 3530. The molecular formula is C58H38N2O. The highest BCUT2D eigenvalue weighted by Crippen LogP contribution is 2.41. The summed E-state index contributed by atoms with van der Waals surface area (Å²) < 4.78 is 8.69. The van der Waals surface area contributed by atoms with Crippen molar-refractivity contribution in [2.24, 2.45) is 0 Å². The van der Waals surface area contributed by atoms with Gasteiger partial charge in [-0.2, -0.15) is 0 Å². The van der Waals surface area contributed by atoms with Crippen molar-refractivity contribution in [3.05, 3.63) is 231 Å². The first-order valence-electron chi connectivity index (χ1n) is 20.8. The standard InChI is InChI=1S/C58H38N2O/c1-2-18-49-40(12-1)13-11-22-50(49)41-28-33-46(34-29-41)59(47-16-10-15-43(37-47)44-30-35-54-53-21-5-8-25-57(53)61-58(54)38-44)45-31-26-39(27-32-45)42-14-9-17-48(36-42)60-55-23-6-3-19-51(55)52-20-4-7-24-56(52)60/h1-38H. The molecule has 0 aliphatic heterocycles. The number of rotatable bonds is 7. The number of hydrogen-bond acceptors (Lipinski definition) is 2. The van der Waals surface area contributed by atoms with E-state index in [-0.39, 0.29) is 0 Å². The molecule has 0 saturated heterocycles. The highest BCUT2D eigenvalue weighted by atomic mass is 16.3. The second-order valence-electron chi connectivity index (χ2n) is 15.7. The molecule has 0 amide bonds. The van der Waals surface area contributed by atoms with Gasteiger partial charge in [-0.3, -0.25) is 0 Å². The molecule has 0 bridgehead atoms. The largest absolute Gasteiger partial charge is 0.456 e. The lowest BCUT2D eigenvalue weighted by Gasteiger charge is -2.26. The molecule has 0 unspecified atom stereocenters. The summed E-state index contributed by atoms with van der Waals surface area (Å²) in [6.07, 6.45) is 0. The van der Waals surface area contributed by atoms with Gasteiger partial charge in [-0.1, -0.05) is 152 Å². The van der Waals surface area contributed by atoms with Gasteiger partial charge < -0.3 is 13.9 Å². The topological polar surface area (TPSA) is 21.3 Å². The van der Waals surface area contributed by atoms with Gasteiger partial charge in [0.15, 0.2) is 0 Å². The third-order valence-electron chi connectivity index (χ3n) is 12.2. The van der Waals surface area contributed by atoms with Crippen molar-refractivity contribution in [1.82, 2.24) is 4.57 Å². The molecule has 0 saturated carbocycles. The normalized spacial score (nSPS) is 11.6. The lowest BCUT2D eigenvalue weighted by atomic mass is 9.98. The second-order valence-corrected chi connectivity index (χ2v) is 15.7. The van der Waals surface area contributed by atoms with Crippen molar-refractivity contribution >= 4 is 71.6 Å². The Morgan fingerprint density at radius 1 is 0.311 bits per heavy atom. The lowest BCUT2D eigenvalue weighted by molar-refractivity contribution is 0.669. The summed E-state index contributed by atoms with van der Waals surface area (Å²) in [6.45, 7) is 0. The van der Waals surface area contributed by atoms with Crippen LogP contribution in [0.5, 0.6) is 0 Å². The van der Waals surface area contributed by atoms with Gasteiger partial charge in [0.05, 0.1) is 11.0 Å². The number of aromatic nitrogens is 1. The van der Waals surface area contributed by atoms with Crippen LogP contribution in [0.4, 0.5) is 17.1 Å². The maximum Gasteiger partial charge on any atom is 0.136 e. The third-order valence-corrected chi connectivity index (χ3v) is 12.2. The smallest absolute Gasteiger partial charge is 0.136 e. The predicted octanol–water partition coefficient (Wildman–Crippen LogP) is 16.3. The summed E-state index contributed by atoms with van der Waals surface area (Å²) in [4.78, 5) is 2.36. The molecule has 0 radical (unpaired) electrons. The van der Waals surface area contributed by atoms with Crippen LogP contribution in [-0.4, -0.2) is 4.57 Å². The van der Waals surface area contributed by atoms with Crippen LogP contribution in [-0.2, 0) is 0 Å². The van der Waals surface area contributed by atoms with Crippen molar-refractivity contribution in [1.29, 1.82) is 0 Å². The Hall–Kier alpha value is -8.14. The first-order valence-corrected chi connectivity index (χ1v) is 20.8. The molecule has 12 aromatic rings. The minimum Gasteiger partial charge on any atom is -0.456 e. The number of benzene rings is 10. The van der Waals surface area contributed by atoms with Gasteiger partial charge in [0, 0.05) is 44.3 Å². The first kappa shape index (κ1) is 34.9. The predicted molar refractivity (Wildman–Crippen MR) is 257 cm³/mol. The number of hydrogen-bond donors (Lipinski definition) is 0. The van der Waals surface area contributed by atoms with Crippen LogP contribution in [0.25, 0.3) is 93.6 Å². The lowest BCUT2D eigenvalue weighted by Crippen LogP contribution is -2.10. The quantitative estimate of drug-likeness (QED) is 0.161. The summed E-state index contributed by atoms with van der Waals surface area (Å²) in [7, 11) is 0. The first-order chi connectivity index (χ1) is 30.2. The van der Waals surface area contributed by atoms with Crippen LogP contribution in [0, 0.1) is 0 Å². The molecule has 0 fully saturated rings. The van der Waals surface area contributed by atoms with E-state index in [0.717, 1.165) is 61.4 Å². The molecule has 0 atom stereocenters. The van der Waals surface area contributed by atoms with Crippen molar-refractivity contribution in [2.75, 3.05) is 4.90 Å². The second kappa shape index (κ2) is 14.3.